The average Bonchev–Trinajstić information content (AvgIpc) is 3.32. The van der Waals surface area contributed by atoms with Gasteiger partial charge in [-0.2, -0.15) is 0 Å². The van der Waals surface area contributed by atoms with E-state index < -0.39 is 5.76 Å². The summed E-state index contributed by atoms with van der Waals surface area (Å²) < 4.78 is 6.92. The first-order chi connectivity index (χ1) is 15.4. The topological polar surface area (TPSA) is 115 Å². The summed E-state index contributed by atoms with van der Waals surface area (Å²) in [6.07, 6.45) is 9.42. The third kappa shape index (κ3) is 3.82. The molecule has 2 N–H and O–H groups in total. The van der Waals surface area contributed by atoms with Crippen LogP contribution in [-0.2, 0) is 0 Å². The van der Waals surface area contributed by atoms with Crippen LogP contribution in [0, 0.1) is 23.7 Å². The largest absolute Gasteiger partial charge is 0.439 e. The minimum Gasteiger partial charge on any atom is -0.365 e. The summed E-state index contributed by atoms with van der Waals surface area (Å²) in [4.78, 5) is 28.1. The molecule has 0 bridgehead atoms. The fraction of sp³-hybridized carbons (Fsp3) is 0.696. The number of nitrogens with one attached hydrogen (secondary N) is 2. The van der Waals surface area contributed by atoms with E-state index in [0.29, 0.717) is 41.3 Å². The van der Waals surface area contributed by atoms with E-state index >= 15 is 0 Å². The van der Waals surface area contributed by atoms with Gasteiger partial charge in [0.15, 0.2) is 11.5 Å². The first kappa shape index (κ1) is 21.2. The fourth-order valence-corrected chi connectivity index (χ4v) is 5.67. The van der Waals surface area contributed by atoms with Crippen LogP contribution in [0.5, 0.6) is 0 Å². The highest BCUT2D eigenvalue weighted by atomic mass is 16.5. The van der Waals surface area contributed by atoms with Gasteiger partial charge in [-0.25, -0.2) is 19.7 Å². The van der Waals surface area contributed by atoms with Gasteiger partial charge in [-0.05, 0) is 63.2 Å². The van der Waals surface area contributed by atoms with Gasteiger partial charge < -0.3 is 9.88 Å². The molecule has 9 heteroatoms. The summed E-state index contributed by atoms with van der Waals surface area (Å²) in [5.74, 6) is 3.34. The Hall–Kier alpha value is -2.71. The van der Waals surface area contributed by atoms with Crippen molar-refractivity contribution in [3.63, 3.8) is 0 Å². The lowest BCUT2D eigenvalue weighted by Gasteiger charge is -2.37. The van der Waals surface area contributed by atoms with Gasteiger partial charge in [0.25, 0.3) is 0 Å². The molecule has 0 saturated heterocycles. The highest BCUT2D eigenvalue weighted by molar-refractivity contribution is 5.85. The Kier molecular flexibility index (Phi) is 5.51. The second-order valence-electron chi connectivity index (χ2n) is 10.1. The zero-order valence-electron chi connectivity index (χ0n) is 19.3. The number of hydrogen-bond acceptors (Lipinski definition) is 7. The van der Waals surface area contributed by atoms with E-state index in [0.717, 1.165) is 17.3 Å². The van der Waals surface area contributed by atoms with Crippen LogP contribution in [0.2, 0.25) is 0 Å². The lowest BCUT2D eigenvalue weighted by Crippen LogP contribution is -2.32. The van der Waals surface area contributed by atoms with Crippen molar-refractivity contribution in [2.45, 2.75) is 78.3 Å². The molecule has 0 amide bonds. The molecular formula is C23H33N7O2. The number of nitrogens with zero attached hydrogens (tertiary/aromatic N) is 5. The predicted molar refractivity (Wildman–Crippen MR) is 122 cm³/mol. The summed E-state index contributed by atoms with van der Waals surface area (Å²) in [7, 11) is 0. The third-order valence-electron chi connectivity index (χ3n) is 7.86. The summed E-state index contributed by atoms with van der Waals surface area (Å²) in [5.41, 5.74) is 1.52. The van der Waals surface area contributed by atoms with Crippen molar-refractivity contribution in [3.8, 4) is 11.6 Å². The molecule has 3 aromatic rings. The van der Waals surface area contributed by atoms with E-state index in [2.05, 4.69) is 62.2 Å². The first-order valence-electron chi connectivity index (χ1n) is 12.0. The molecule has 3 aromatic heterocycles. The zero-order valence-corrected chi connectivity index (χ0v) is 19.3. The van der Waals surface area contributed by atoms with E-state index in [1.807, 2.05) is 6.33 Å². The Labute approximate surface area is 187 Å². The molecule has 0 aromatic carbocycles. The lowest BCUT2D eigenvalue weighted by atomic mass is 9.72. The van der Waals surface area contributed by atoms with Gasteiger partial charge in [0.2, 0.25) is 11.6 Å². The minimum atomic E-state index is -0.624. The van der Waals surface area contributed by atoms with Gasteiger partial charge >= 0.3 is 5.76 Å². The standard InChI is InChI=1S/C23H33N7O2/c1-12-8-9-17(13(2)10-12)15(4)30-11-24-19-18(30)20(25-14(3)16-6-5-7-16)27-21(26-19)22-28-23(31)32-29-22/h11-17H,5-10H2,1-4H3,(H,25,26,27)(H,28,29,31). The van der Waals surface area contributed by atoms with Crippen LogP contribution in [0.4, 0.5) is 5.82 Å². The minimum absolute atomic E-state index is 0.216. The molecule has 172 valence electrons. The molecule has 5 rings (SSSR count). The molecule has 2 saturated carbocycles. The zero-order chi connectivity index (χ0) is 22.4. The molecule has 0 radical (unpaired) electrons. The van der Waals surface area contributed by atoms with Crippen LogP contribution in [0.3, 0.4) is 0 Å². The van der Waals surface area contributed by atoms with Crippen LogP contribution in [0.25, 0.3) is 22.8 Å². The third-order valence-corrected chi connectivity index (χ3v) is 7.86. The molecule has 5 atom stereocenters. The molecule has 9 nitrogen and oxygen atoms in total. The molecule has 3 heterocycles. The van der Waals surface area contributed by atoms with Gasteiger partial charge in [0.05, 0.1) is 6.33 Å². The Balaban J connectivity index is 1.56. The maximum absolute atomic E-state index is 11.5. The maximum atomic E-state index is 11.5. The highest BCUT2D eigenvalue weighted by Crippen LogP contribution is 2.41. The number of rotatable bonds is 6. The number of hydrogen-bond donors (Lipinski definition) is 2. The molecule has 32 heavy (non-hydrogen) atoms. The number of anilines is 1. The molecule has 0 aliphatic heterocycles. The van der Waals surface area contributed by atoms with Crippen molar-refractivity contribution in [3.05, 3.63) is 16.9 Å². The number of H-pyrrole nitrogens is 1. The Bertz CT molecular complexity index is 1140. The van der Waals surface area contributed by atoms with Gasteiger partial charge in [0, 0.05) is 12.1 Å². The van der Waals surface area contributed by atoms with Crippen molar-refractivity contribution in [2.24, 2.45) is 23.7 Å². The Morgan fingerprint density at radius 2 is 2.00 bits per heavy atom. The summed E-state index contributed by atoms with van der Waals surface area (Å²) in [6, 6.07) is 0.586. The van der Waals surface area contributed by atoms with Crippen molar-refractivity contribution in [1.82, 2.24) is 29.7 Å². The monoisotopic (exact) mass is 439 g/mol. The number of aromatic nitrogens is 6. The molecule has 0 spiro atoms. The number of imidazole rings is 1. The Morgan fingerprint density at radius 1 is 1.19 bits per heavy atom. The average molecular weight is 440 g/mol. The van der Waals surface area contributed by atoms with Gasteiger partial charge in [0.1, 0.15) is 5.52 Å². The Morgan fingerprint density at radius 3 is 2.66 bits per heavy atom. The van der Waals surface area contributed by atoms with Crippen LogP contribution < -0.4 is 11.1 Å². The normalized spacial score (nSPS) is 26.1. The van der Waals surface area contributed by atoms with Gasteiger partial charge in [-0.3, -0.25) is 9.51 Å². The van der Waals surface area contributed by atoms with Crippen molar-refractivity contribution < 1.29 is 4.52 Å². The molecule has 2 aliphatic carbocycles. The maximum Gasteiger partial charge on any atom is 0.439 e. The fourth-order valence-electron chi connectivity index (χ4n) is 5.67. The van der Waals surface area contributed by atoms with Gasteiger partial charge in [-0.1, -0.05) is 31.8 Å². The molecular weight excluding hydrogens is 406 g/mol. The number of fused-ring (bicyclic) bond motifs is 1. The second kappa shape index (κ2) is 8.33. The highest BCUT2D eigenvalue weighted by Gasteiger charge is 2.32. The van der Waals surface area contributed by atoms with Crippen LogP contribution in [-0.4, -0.2) is 35.7 Å². The molecule has 5 unspecified atom stereocenters. The molecule has 2 fully saturated rings. The van der Waals surface area contributed by atoms with Crippen molar-refractivity contribution >= 4 is 17.0 Å². The SMILES string of the molecule is CC1CCC(C(C)n2cnc3nc(-c4noc(=O)[nH]4)nc(NC(C)C4CCC4)c32)C(C)C1. The van der Waals surface area contributed by atoms with E-state index in [-0.39, 0.29) is 5.82 Å². The van der Waals surface area contributed by atoms with Crippen LogP contribution >= 0.6 is 0 Å². The first-order valence-corrected chi connectivity index (χ1v) is 12.0. The van der Waals surface area contributed by atoms with E-state index in [1.165, 1.54) is 38.5 Å². The summed E-state index contributed by atoms with van der Waals surface area (Å²) in [5, 5.41) is 7.42. The van der Waals surface area contributed by atoms with Crippen molar-refractivity contribution in [2.75, 3.05) is 5.32 Å². The van der Waals surface area contributed by atoms with Crippen LogP contribution in [0.15, 0.2) is 15.6 Å². The molecule has 2 aliphatic rings. The summed E-state index contributed by atoms with van der Waals surface area (Å²) in [6.45, 7) is 9.24. The van der Waals surface area contributed by atoms with E-state index in [1.54, 1.807) is 0 Å². The van der Waals surface area contributed by atoms with Crippen LogP contribution in [0.1, 0.15) is 72.3 Å². The number of aromatic amines is 1. The van der Waals surface area contributed by atoms with E-state index in [9.17, 15) is 4.79 Å². The quantitative estimate of drug-likeness (QED) is 0.585. The predicted octanol–water partition coefficient (Wildman–Crippen LogP) is 4.40. The van der Waals surface area contributed by atoms with Gasteiger partial charge in [-0.15, -0.1) is 0 Å². The smallest absolute Gasteiger partial charge is 0.365 e. The summed E-state index contributed by atoms with van der Waals surface area (Å²) >= 11 is 0. The van der Waals surface area contributed by atoms with E-state index in [4.69, 9.17) is 4.98 Å². The second-order valence-corrected chi connectivity index (χ2v) is 10.1. The van der Waals surface area contributed by atoms with Crippen molar-refractivity contribution in [1.29, 1.82) is 0 Å². The lowest BCUT2D eigenvalue weighted by molar-refractivity contribution is 0.154.